The second-order valence-electron chi connectivity index (χ2n) is 6.41. The summed E-state index contributed by atoms with van der Waals surface area (Å²) in [5, 5.41) is 9.97. The van der Waals surface area contributed by atoms with Crippen molar-refractivity contribution < 1.29 is 9.18 Å². The SMILES string of the molecule is O=C(Nc1n[nH]c2c1CCN(Cc1ccccc1)C2)c1ccccc1F. The lowest BCUT2D eigenvalue weighted by Gasteiger charge is -2.26. The lowest BCUT2D eigenvalue weighted by molar-refractivity contribution is 0.102. The van der Waals surface area contributed by atoms with Crippen LogP contribution in [-0.4, -0.2) is 27.5 Å². The molecular weight excluding hydrogens is 331 g/mol. The first-order valence-corrected chi connectivity index (χ1v) is 8.59. The van der Waals surface area contributed by atoms with Gasteiger partial charge in [-0.2, -0.15) is 5.10 Å². The molecule has 0 unspecified atom stereocenters. The molecule has 0 saturated carbocycles. The van der Waals surface area contributed by atoms with Crippen molar-refractivity contribution in [1.29, 1.82) is 0 Å². The number of carbonyl (C=O) groups is 1. The standard InChI is InChI=1S/C20H19FN4O/c21-17-9-5-4-8-15(17)20(26)22-19-16-10-11-25(13-18(16)23-24-19)12-14-6-2-1-3-7-14/h1-9H,10-13H2,(H2,22,23,24,26). The molecule has 0 aliphatic carbocycles. The fourth-order valence-corrected chi connectivity index (χ4v) is 3.27. The molecule has 1 aliphatic heterocycles. The summed E-state index contributed by atoms with van der Waals surface area (Å²) >= 11 is 0. The molecule has 2 heterocycles. The van der Waals surface area contributed by atoms with Gasteiger partial charge in [0.1, 0.15) is 5.82 Å². The highest BCUT2D eigenvalue weighted by molar-refractivity contribution is 6.04. The Morgan fingerprint density at radius 1 is 1.15 bits per heavy atom. The molecule has 132 valence electrons. The van der Waals surface area contributed by atoms with E-state index in [9.17, 15) is 9.18 Å². The predicted octanol–water partition coefficient (Wildman–Crippen LogP) is 3.36. The van der Waals surface area contributed by atoms with E-state index in [4.69, 9.17) is 0 Å². The van der Waals surface area contributed by atoms with Crippen LogP contribution in [-0.2, 0) is 19.5 Å². The van der Waals surface area contributed by atoms with Crippen LogP contribution < -0.4 is 5.32 Å². The molecule has 1 aromatic heterocycles. The quantitative estimate of drug-likeness (QED) is 0.758. The minimum atomic E-state index is -0.538. The Morgan fingerprint density at radius 2 is 1.92 bits per heavy atom. The maximum Gasteiger partial charge on any atom is 0.259 e. The van der Waals surface area contributed by atoms with E-state index in [2.05, 4.69) is 32.5 Å². The van der Waals surface area contributed by atoms with E-state index >= 15 is 0 Å². The van der Waals surface area contributed by atoms with E-state index in [1.165, 1.54) is 17.7 Å². The van der Waals surface area contributed by atoms with Gasteiger partial charge in [-0.1, -0.05) is 42.5 Å². The Morgan fingerprint density at radius 3 is 2.73 bits per heavy atom. The number of hydrogen-bond donors (Lipinski definition) is 2. The maximum absolute atomic E-state index is 13.8. The summed E-state index contributed by atoms with van der Waals surface area (Å²) in [5.41, 5.74) is 3.28. The average Bonchev–Trinajstić information content (AvgIpc) is 3.05. The third-order valence-electron chi connectivity index (χ3n) is 4.61. The summed E-state index contributed by atoms with van der Waals surface area (Å²) in [4.78, 5) is 14.6. The van der Waals surface area contributed by atoms with E-state index in [-0.39, 0.29) is 5.56 Å². The fraction of sp³-hybridized carbons (Fsp3) is 0.200. The predicted molar refractivity (Wildman–Crippen MR) is 97.2 cm³/mol. The molecule has 3 aromatic rings. The molecule has 0 bridgehead atoms. The Hall–Kier alpha value is -2.99. The molecule has 1 aliphatic rings. The number of aromatic amines is 1. The molecule has 0 fully saturated rings. The Bertz CT molecular complexity index is 923. The number of fused-ring (bicyclic) bond motifs is 1. The minimum Gasteiger partial charge on any atom is -0.305 e. The highest BCUT2D eigenvalue weighted by Gasteiger charge is 2.23. The molecule has 5 nitrogen and oxygen atoms in total. The van der Waals surface area contributed by atoms with Crippen molar-refractivity contribution in [3.8, 4) is 0 Å². The summed E-state index contributed by atoms with van der Waals surface area (Å²) in [6.45, 7) is 2.49. The molecule has 0 radical (unpaired) electrons. The second kappa shape index (κ2) is 7.09. The summed E-state index contributed by atoms with van der Waals surface area (Å²) < 4.78 is 13.8. The van der Waals surface area contributed by atoms with Crippen LogP contribution in [0.5, 0.6) is 0 Å². The number of hydrogen-bond acceptors (Lipinski definition) is 3. The molecular formula is C20H19FN4O. The van der Waals surface area contributed by atoms with Crippen molar-refractivity contribution in [3.05, 3.63) is 82.8 Å². The average molecular weight is 350 g/mol. The van der Waals surface area contributed by atoms with Gasteiger partial charge in [0.25, 0.3) is 5.91 Å². The third kappa shape index (κ3) is 3.36. The normalized spacial score (nSPS) is 14.0. The van der Waals surface area contributed by atoms with Crippen LogP contribution in [0, 0.1) is 5.82 Å². The zero-order valence-corrected chi connectivity index (χ0v) is 14.2. The van der Waals surface area contributed by atoms with Gasteiger partial charge in [0.2, 0.25) is 0 Å². The zero-order chi connectivity index (χ0) is 17.9. The van der Waals surface area contributed by atoms with Gasteiger partial charge in [-0.3, -0.25) is 14.8 Å². The maximum atomic E-state index is 13.8. The molecule has 0 atom stereocenters. The fourth-order valence-electron chi connectivity index (χ4n) is 3.27. The number of rotatable bonds is 4. The number of amides is 1. The van der Waals surface area contributed by atoms with Gasteiger partial charge in [-0.25, -0.2) is 4.39 Å². The minimum absolute atomic E-state index is 0.0192. The van der Waals surface area contributed by atoms with Crippen LogP contribution in [0.1, 0.15) is 27.2 Å². The van der Waals surface area contributed by atoms with Gasteiger partial charge in [0.15, 0.2) is 5.82 Å². The van der Waals surface area contributed by atoms with Crippen molar-refractivity contribution in [1.82, 2.24) is 15.1 Å². The highest BCUT2D eigenvalue weighted by Crippen LogP contribution is 2.25. The topological polar surface area (TPSA) is 61.0 Å². The first-order valence-electron chi connectivity index (χ1n) is 8.59. The molecule has 26 heavy (non-hydrogen) atoms. The molecule has 2 aromatic carbocycles. The number of halogens is 1. The van der Waals surface area contributed by atoms with Crippen molar-refractivity contribution in [2.45, 2.75) is 19.5 Å². The van der Waals surface area contributed by atoms with Crippen LogP contribution in [0.3, 0.4) is 0 Å². The third-order valence-corrected chi connectivity index (χ3v) is 4.61. The van der Waals surface area contributed by atoms with Crippen molar-refractivity contribution in [2.75, 3.05) is 11.9 Å². The van der Waals surface area contributed by atoms with E-state index in [0.29, 0.717) is 5.82 Å². The first kappa shape index (κ1) is 16.5. The number of aromatic nitrogens is 2. The number of anilines is 1. The number of carbonyl (C=O) groups excluding carboxylic acids is 1. The molecule has 1 amide bonds. The highest BCUT2D eigenvalue weighted by atomic mass is 19.1. The number of nitrogens with one attached hydrogen (secondary N) is 2. The summed E-state index contributed by atoms with van der Waals surface area (Å²) in [5.74, 6) is -0.528. The van der Waals surface area contributed by atoms with Gasteiger partial charge in [-0.15, -0.1) is 0 Å². The Labute approximate surface area is 150 Å². The van der Waals surface area contributed by atoms with Crippen LogP contribution >= 0.6 is 0 Å². The van der Waals surface area contributed by atoms with Crippen molar-refractivity contribution in [3.63, 3.8) is 0 Å². The largest absolute Gasteiger partial charge is 0.305 e. The van der Waals surface area contributed by atoms with Gasteiger partial charge < -0.3 is 5.32 Å². The molecule has 6 heteroatoms. The van der Waals surface area contributed by atoms with Crippen LogP contribution in [0.15, 0.2) is 54.6 Å². The van der Waals surface area contributed by atoms with Gasteiger partial charge in [-0.05, 0) is 24.1 Å². The number of nitrogens with zero attached hydrogens (tertiary/aromatic N) is 2. The van der Waals surface area contributed by atoms with Crippen LogP contribution in [0.4, 0.5) is 10.2 Å². The van der Waals surface area contributed by atoms with Gasteiger partial charge >= 0.3 is 0 Å². The van der Waals surface area contributed by atoms with Gasteiger partial charge in [0.05, 0.1) is 11.3 Å². The van der Waals surface area contributed by atoms with E-state index in [0.717, 1.165) is 37.3 Å². The van der Waals surface area contributed by atoms with E-state index < -0.39 is 11.7 Å². The summed E-state index contributed by atoms with van der Waals surface area (Å²) in [6, 6.07) is 16.3. The van der Waals surface area contributed by atoms with E-state index in [1.807, 2.05) is 18.2 Å². The lowest BCUT2D eigenvalue weighted by atomic mass is 10.1. The summed E-state index contributed by atoms with van der Waals surface area (Å²) in [6.07, 6.45) is 0.783. The molecule has 0 spiro atoms. The van der Waals surface area contributed by atoms with Crippen molar-refractivity contribution >= 4 is 11.7 Å². The Kier molecular flexibility index (Phi) is 4.50. The molecule has 2 N–H and O–H groups in total. The van der Waals surface area contributed by atoms with Crippen LogP contribution in [0.25, 0.3) is 0 Å². The smallest absolute Gasteiger partial charge is 0.259 e. The Balaban J connectivity index is 1.46. The second-order valence-corrected chi connectivity index (χ2v) is 6.41. The zero-order valence-electron chi connectivity index (χ0n) is 14.2. The monoisotopic (exact) mass is 350 g/mol. The molecule has 4 rings (SSSR count). The van der Waals surface area contributed by atoms with Gasteiger partial charge in [0, 0.05) is 25.2 Å². The first-order chi connectivity index (χ1) is 12.7. The number of H-pyrrole nitrogens is 1. The number of benzene rings is 2. The van der Waals surface area contributed by atoms with Crippen molar-refractivity contribution in [2.24, 2.45) is 0 Å². The van der Waals surface area contributed by atoms with Crippen LogP contribution in [0.2, 0.25) is 0 Å². The van der Waals surface area contributed by atoms with E-state index in [1.54, 1.807) is 12.1 Å². The lowest BCUT2D eigenvalue weighted by Crippen LogP contribution is -2.30. The summed E-state index contributed by atoms with van der Waals surface area (Å²) in [7, 11) is 0. The molecule has 0 saturated heterocycles.